The number of hydrogen-bond acceptors (Lipinski definition) is 2. The molecule has 0 amide bonds. The molecule has 102 valence electrons. The Morgan fingerprint density at radius 1 is 1.22 bits per heavy atom. The maximum Gasteiger partial charge on any atom is 0.0318 e. The fourth-order valence-corrected chi connectivity index (χ4v) is 2.55. The third-order valence-corrected chi connectivity index (χ3v) is 4.36. The van der Waals surface area contributed by atoms with E-state index in [1.165, 1.54) is 24.9 Å². The molecular formula is C15H25BrN2. The standard InChI is InChI=1S/C15H25BrN2/c1-4-12(5-2)10-18(6-3)11-13-9-14(17)7-8-15(13)16/h7-9,12H,4-6,10-11,17H2,1-3H3. The molecule has 18 heavy (non-hydrogen) atoms. The number of benzene rings is 1. The van der Waals surface area contributed by atoms with Crippen LogP contribution in [0.4, 0.5) is 5.69 Å². The van der Waals surface area contributed by atoms with Gasteiger partial charge in [-0.3, -0.25) is 4.90 Å². The minimum absolute atomic E-state index is 0.796. The molecule has 0 aliphatic carbocycles. The highest BCUT2D eigenvalue weighted by atomic mass is 79.9. The molecule has 0 radical (unpaired) electrons. The largest absolute Gasteiger partial charge is 0.399 e. The second-order valence-electron chi connectivity index (χ2n) is 4.86. The molecule has 0 saturated heterocycles. The average Bonchev–Trinajstić information content (AvgIpc) is 2.38. The fourth-order valence-electron chi connectivity index (χ4n) is 2.17. The van der Waals surface area contributed by atoms with Crippen LogP contribution >= 0.6 is 15.9 Å². The van der Waals surface area contributed by atoms with Gasteiger partial charge in [0.2, 0.25) is 0 Å². The van der Waals surface area contributed by atoms with Crippen LogP contribution in [0.1, 0.15) is 39.2 Å². The highest BCUT2D eigenvalue weighted by Gasteiger charge is 2.11. The number of hydrogen-bond donors (Lipinski definition) is 1. The van der Waals surface area contributed by atoms with Gasteiger partial charge in [-0.25, -0.2) is 0 Å². The van der Waals surface area contributed by atoms with Gasteiger partial charge in [-0.05, 0) is 36.2 Å². The molecule has 1 aromatic rings. The van der Waals surface area contributed by atoms with Gasteiger partial charge in [-0.15, -0.1) is 0 Å². The summed E-state index contributed by atoms with van der Waals surface area (Å²) < 4.78 is 1.15. The lowest BCUT2D eigenvalue weighted by Gasteiger charge is -2.25. The van der Waals surface area contributed by atoms with Gasteiger partial charge in [0, 0.05) is 23.2 Å². The first-order valence-corrected chi connectivity index (χ1v) is 7.66. The number of halogens is 1. The molecule has 0 saturated carbocycles. The SMILES string of the molecule is CCC(CC)CN(CC)Cc1cc(N)ccc1Br. The Bertz CT molecular complexity index is 362. The topological polar surface area (TPSA) is 29.3 Å². The molecule has 0 aliphatic heterocycles. The van der Waals surface area contributed by atoms with E-state index in [2.05, 4.69) is 47.7 Å². The molecule has 2 nitrogen and oxygen atoms in total. The zero-order chi connectivity index (χ0) is 13.5. The molecule has 0 spiro atoms. The second-order valence-corrected chi connectivity index (χ2v) is 5.72. The van der Waals surface area contributed by atoms with Crippen molar-refractivity contribution in [2.45, 2.75) is 40.2 Å². The molecule has 1 rings (SSSR count). The Balaban J connectivity index is 2.70. The Morgan fingerprint density at radius 3 is 2.44 bits per heavy atom. The van der Waals surface area contributed by atoms with Gasteiger partial charge in [0.1, 0.15) is 0 Å². The van der Waals surface area contributed by atoms with Crippen molar-refractivity contribution in [2.75, 3.05) is 18.8 Å². The van der Waals surface area contributed by atoms with Gasteiger partial charge in [0.25, 0.3) is 0 Å². The first kappa shape index (κ1) is 15.5. The lowest BCUT2D eigenvalue weighted by atomic mass is 10.0. The van der Waals surface area contributed by atoms with Crippen molar-refractivity contribution in [3.05, 3.63) is 28.2 Å². The molecule has 0 bridgehead atoms. The molecular weight excluding hydrogens is 288 g/mol. The van der Waals surface area contributed by atoms with Crippen LogP contribution in [0.25, 0.3) is 0 Å². The molecule has 0 aromatic heterocycles. The number of anilines is 1. The summed E-state index contributed by atoms with van der Waals surface area (Å²) in [6.45, 7) is 10.0. The van der Waals surface area contributed by atoms with E-state index >= 15 is 0 Å². The van der Waals surface area contributed by atoms with E-state index in [4.69, 9.17) is 5.73 Å². The zero-order valence-electron chi connectivity index (χ0n) is 11.7. The summed E-state index contributed by atoms with van der Waals surface area (Å²) in [4.78, 5) is 2.50. The second kappa shape index (κ2) is 7.80. The Morgan fingerprint density at radius 2 is 1.89 bits per heavy atom. The summed E-state index contributed by atoms with van der Waals surface area (Å²) in [5.74, 6) is 0.796. The zero-order valence-corrected chi connectivity index (χ0v) is 13.3. The number of rotatable bonds is 7. The van der Waals surface area contributed by atoms with Gasteiger partial charge in [0.15, 0.2) is 0 Å². The number of nitrogens with zero attached hydrogens (tertiary/aromatic N) is 1. The predicted octanol–water partition coefficient (Wildman–Crippen LogP) is 4.29. The molecule has 2 N–H and O–H groups in total. The van der Waals surface area contributed by atoms with Crippen LogP contribution in [0.3, 0.4) is 0 Å². The fraction of sp³-hybridized carbons (Fsp3) is 0.600. The van der Waals surface area contributed by atoms with Crippen molar-refractivity contribution in [2.24, 2.45) is 5.92 Å². The summed E-state index contributed by atoms with van der Waals surface area (Å²) in [5, 5.41) is 0. The third kappa shape index (κ3) is 4.62. The summed E-state index contributed by atoms with van der Waals surface area (Å²) in [6.07, 6.45) is 2.51. The minimum atomic E-state index is 0.796. The van der Waals surface area contributed by atoms with Gasteiger partial charge < -0.3 is 5.73 Å². The lowest BCUT2D eigenvalue weighted by molar-refractivity contribution is 0.226. The van der Waals surface area contributed by atoms with Crippen LogP contribution in [-0.4, -0.2) is 18.0 Å². The summed E-state index contributed by atoms with van der Waals surface area (Å²) >= 11 is 3.61. The van der Waals surface area contributed by atoms with Crippen LogP contribution in [0.2, 0.25) is 0 Å². The minimum Gasteiger partial charge on any atom is -0.399 e. The summed E-state index contributed by atoms with van der Waals surface area (Å²) in [6, 6.07) is 6.04. The van der Waals surface area contributed by atoms with E-state index in [1.807, 2.05) is 12.1 Å². The van der Waals surface area contributed by atoms with Gasteiger partial charge in [-0.1, -0.05) is 49.5 Å². The van der Waals surface area contributed by atoms with Gasteiger partial charge >= 0.3 is 0 Å². The third-order valence-electron chi connectivity index (χ3n) is 3.58. The van der Waals surface area contributed by atoms with E-state index in [1.54, 1.807) is 0 Å². The Labute approximate surface area is 120 Å². The van der Waals surface area contributed by atoms with Crippen molar-refractivity contribution in [1.29, 1.82) is 0 Å². The van der Waals surface area contributed by atoms with Crippen LogP contribution in [0, 0.1) is 5.92 Å². The summed E-state index contributed by atoms with van der Waals surface area (Å²) in [7, 11) is 0. The van der Waals surface area contributed by atoms with Crippen LogP contribution in [0.15, 0.2) is 22.7 Å². The van der Waals surface area contributed by atoms with E-state index in [9.17, 15) is 0 Å². The first-order valence-electron chi connectivity index (χ1n) is 6.86. The quantitative estimate of drug-likeness (QED) is 0.761. The highest BCUT2D eigenvalue weighted by Crippen LogP contribution is 2.22. The Kier molecular flexibility index (Phi) is 6.72. The predicted molar refractivity (Wildman–Crippen MR) is 83.6 cm³/mol. The number of nitrogen functional groups attached to an aromatic ring is 1. The van der Waals surface area contributed by atoms with Crippen molar-refractivity contribution in [1.82, 2.24) is 4.90 Å². The van der Waals surface area contributed by atoms with E-state index < -0.39 is 0 Å². The first-order chi connectivity index (χ1) is 8.60. The van der Waals surface area contributed by atoms with Crippen LogP contribution < -0.4 is 5.73 Å². The van der Waals surface area contributed by atoms with Crippen molar-refractivity contribution >= 4 is 21.6 Å². The van der Waals surface area contributed by atoms with Crippen molar-refractivity contribution < 1.29 is 0 Å². The molecule has 0 fully saturated rings. The summed E-state index contributed by atoms with van der Waals surface area (Å²) in [5.41, 5.74) is 7.98. The van der Waals surface area contributed by atoms with E-state index in [0.29, 0.717) is 0 Å². The molecule has 3 heteroatoms. The van der Waals surface area contributed by atoms with Gasteiger partial charge in [0.05, 0.1) is 0 Å². The highest BCUT2D eigenvalue weighted by molar-refractivity contribution is 9.10. The van der Waals surface area contributed by atoms with E-state index in [-0.39, 0.29) is 0 Å². The molecule has 0 aliphatic rings. The molecule has 1 aromatic carbocycles. The smallest absolute Gasteiger partial charge is 0.0318 e. The normalized spacial score (nSPS) is 11.4. The monoisotopic (exact) mass is 312 g/mol. The Hall–Kier alpha value is -0.540. The molecule has 0 atom stereocenters. The molecule has 0 heterocycles. The van der Waals surface area contributed by atoms with Gasteiger partial charge in [-0.2, -0.15) is 0 Å². The maximum absolute atomic E-state index is 5.86. The van der Waals surface area contributed by atoms with E-state index in [0.717, 1.165) is 29.2 Å². The maximum atomic E-state index is 5.86. The van der Waals surface area contributed by atoms with Crippen LogP contribution in [-0.2, 0) is 6.54 Å². The van der Waals surface area contributed by atoms with Crippen LogP contribution in [0.5, 0.6) is 0 Å². The molecule has 0 unspecified atom stereocenters. The average molecular weight is 313 g/mol. The lowest BCUT2D eigenvalue weighted by Crippen LogP contribution is -2.28. The number of nitrogens with two attached hydrogens (primary N) is 1. The van der Waals surface area contributed by atoms with Crippen molar-refractivity contribution in [3.8, 4) is 0 Å². The van der Waals surface area contributed by atoms with Crippen molar-refractivity contribution in [3.63, 3.8) is 0 Å².